The molecular weight excluding hydrogens is 234 g/mol. The van der Waals surface area contributed by atoms with E-state index in [4.69, 9.17) is 11.6 Å². The number of halogens is 1. The van der Waals surface area contributed by atoms with Crippen LogP contribution in [0.3, 0.4) is 0 Å². The molecule has 0 unspecified atom stereocenters. The topological polar surface area (TPSA) is 12.9 Å². The average Bonchev–Trinajstić information content (AvgIpc) is 2.60. The Bertz CT molecular complexity index is 380. The number of alkyl halides is 1. The van der Waals surface area contributed by atoms with Crippen LogP contribution in [0.15, 0.2) is 28.6 Å². The highest BCUT2D eigenvalue weighted by Crippen LogP contribution is 2.29. The predicted molar refractivity (Wildman–Crippen MR) is 65.7 cm³/mol. The van der Waals surface area contributed by atoms with E-state index in [2.05, 4.69) is 17.1 Å². The van der Waals surface area contributed by atoms with Crippen molar-refractivity contribution in [2.45, 2.75) is 10.8 Å². The molecule has 1 nitrogen and oxygen atoms in total. The molecule has 0 fully saturated rings. The van der Waals surface area contributed by atoms with Crippen LogP contribution in [-0.2, 0) is 0 Å². The molecule has 0 aliphatic heterocycles. The Hall–Kier alpha value is -0.250. The van der Waals surface area contributed by atoms with Crippen molar-refractivity contribution >= 4 is 44.9 Å². The first-order chi connectivity index (χ1) is 6.90. The molecule has 0 amide bonds. The zero-order valence-corrected chi connectivity index (χ0v) is 9.96. The molecule has 2 rings (SSSR count). The zero-order chi connectivity index (χ0) is 9.80. The predicted octanol–water partition coefficient (Wildman–Crippen LogP) is 4.02. The summed E-state index contributed by atoms with van der Waals surface area (Å²) in [4.78, 5) is 4.52. The van der Waals surface area contributed by atoms with E-state index in [1.807, 2.05) is 12.1 Å². The summed E-state index contributed by atoms with van der Waals surface area (Å²) >= 11 is 9.17. The highest BCUT2D eigenvalue weighted by Gasteiger charge is 2.02. The minimum atomic E-state index is 0.734. The number of benzene rings is 1. The molecular formula is C10H10ClNS2. The van der Waals surface area contributed by atoms with Crippen molar-refractivity contribution < 1.29 is 0 Å². The minimum Gasteiger partial charge on any atom is -0.230 e. The average molecular weight is 244 g/mol. The summed E-state index contributed by atoms with van der Waals surface area (Å²) < 4.78 is 2.41. The molecule has 0 bridgehead atoms. The van der Waals surface area contributed by atoms with Gasteiger partial charge in [0, 0.05) is 11.6 Å². The van der Waals surface area contributed by atoms with E-state index in [1.165, 1.54) is 4.70 Å². The number of nitrogens with zero attached hydrogens (tertiary/aromatic N) is 1. The smallest absolute Gasteiger partial charge is 0.151 e. The van der Waals surface area contributed by atoms with E-state index in [9.17, 15) is 0 Å². The number of hydrogen-bond donors (Lipinski definition) is 0. The number of rotatable bonds is 4. The van der Waals surface area contributed by atoms with Gasteiger partial charge in [0.05, 0.1) is 10.2 Å². The number of aromatic nitrogens is 1. The summed E-state index contributed by atoms with van der Waals surface area (Å²) in [6.45, 7) is 0. The number of fused-ring (bicyclic) bond motifs is 1. The molecule has 1 aromatic heterocycles. The monoisotopic (exact) mass is 243 g/mol. The SMILES string of the molecule is ClCCCSc1nc2ccccc2s1. The Labute approximate surface area is 96.5 Å². The van der Waals surface area contributed by atoms with Crippen molar-refractivity contribution in [3.63, 3.8) is 0 Å². The molecule has 0 atom stereocenters. The highest BCUT2D eigenvalue weighted by atomic mass is 35.5. The summed E-state index contributed by atoms with van der Waals surface area (Å²) in [7, 11) is 0. The van der Waals surface area contributed by atoms with Crippen LogP contribution in [0.4, 0.5) is 0 Å². The second-order valence-electron chi connectivity index (χ2n) is 2.84. The van der Waals surface area contributed by atoms with E-state index in [0.717, 1.165) is 27.9 Å². The lowest BCUT2D eigenvalue weighted by Gasteiger charge is -1.91. The van der Waals surface area contributed by atoms with E-state index in [1.54, 1.807) is 23.1 Å². The Balaban J connectivity index is 2.11. The van der Waals surface area contributed by atoms with Crippen LogP contribution in [-0.4, -0.2) is 16.6 Å². The summed E-state index contributed by atoms with van der Waals surface area (Å²) in [5, 5.41) is 0. The van der Waals surface area contributed by atoms with Crippen molar-refractivity contribution in [1.29, 1.82) is 0 Å². The van der Waals surface area contributed by atoms with Gasteiger partial charge in [0.15, 0.2) is 4.34 Å². The molecule has 0 radical (unpaired) electrons. The maximum absolute atomic E-state index is 5.62. The lowest BCUT2D eigenvalue weighted by molar-refractivity contribution is 1.11. The lowest BCUT2D eigenvalue weighted by Crippen LogP contribution is -1.79. The van der Waals surface area contributed by atoms with Crippen LogP contribution in [0.5, 0.6) is 0 Å². The van der Waals surface area contributed by atoms with Gasteiger partial charge in [-0.1, -0.05) is 23.9 Å². The standard InChI is InChI=1S/C10H10ClNS2/c11-6-3-7-13-10-12-8-4-1-2-5-9(8)14-10/h1-2,4-5H,3,6-7H2. The van der Waals surface area contributed by atoms with Crippen molar-refractivity contribution in [2.24, 2.45) is 0 Å². The Morgan fingerprint density at radius 3 is 3.00 bits per heavy atom. The molecule has 1 heterocycles. The van der Waals surface area contributed by atoms with Crippen molar-refractivity contribution in [3.8, 4) is 0 Å². The number of hydrogen-bond acceptors (Lipinski definition) is 3. The molecule has 0 saturated heterocycles. The van der Waals surface area contributed by atoms with Crippen LogP contribution in [0, 0.1) is 0 Å². The molecule has 14 heavy (non-hydrogen) atoms. The van der Waals surface area contributed by atoms with Gasteiger partial charge in [-0.3, -0.25) is 0 Å². The fourth-order valence-corrected chi connectivity index (χ4v) is 3.50. The summed E-state index contributed by atoms with van der Waals surface area (Å²) in [6.07, 6.45) is 1.04. The van der Waals surface area contributed by atoms with Gasteiger partial charge in [-0.25, -0.2) is 4.98 Å². The number of thiazole rings is 1. The summed E-state index contributed by atoms with van der Waals surface area (Å²) in [5.41, 5.74) is 1.10. The largest absolute Gasteiger partial charge is 0.230 e. The molecule has 0 saturated carbocycles. The second kappa shape index (κ2) is 5.01. The zero-order valence-electron chi connectivity index (χ0n) is 7.57. The normalized spacial score (nSPS) is 10.9. The summed E-state index contributed by atoms with van der Waals surface area (Å²) in [6, 6.07) is 8.24. The van der Waals surface area contributed by atoms with Gasteiger partial charge in [-0.15, -0.1) is 22.9 Å². The van der Waals surface area contributed by atoms with Gasteiger partial charge in [0.2, 0.25) is 0 Å². The Morgan fingerprint density at radius 2 is 2.21 bits per heavy atom. The molecule has 0 aliphatic rings. The van der Waals surface area contributed by atoms with E-state index in [0.29, 0.717) is 0 Å². The van der Waals surface area contributed by atoms with Crippen LogP contribution in [0.2, 0.25) is 0 Å². The molecule has 1 aromatic carbocycles. The molecule has 0 N–H and O–H groups in total. The Kier molecular flexibility index (Phi) is 3.67. The maximum atomic E-state index is 5.62. The quantitative estimate of drug-likeness (QED) is 0.457. The van der Waals surface area contributed by atoms with Crippen molar-refractivity contribution in [1.82, 2.24) is 4.98 Å². The van der Waals surface area contributed by atoms with Gasteiger partial charge in [-0.05, 0) is 18.6 Å². The third-order valence-corrected chi connectivity index (χ3v) is 4.31. The van der Waals surface area contributed by atoms with Gasteiger partial charge in [0.25, 0.3) is 0 Å². The van der Waals surface area contributed by atoms with Crippen LogP contribution in [0.25, 0.3) is 10.2 Å². The van der Waals surface area contributed by atoms with Gasteiger partial charge < -0.3 is 0 Å². The highest BCUT2D eigenvalue weighted by molar-refractivity contribution is 8.01. The number of para-hydroxylation sites is 1. The van der Waals surface area contributed by atoms with Gasteiger partial charge in [-0.2, -0.15) is 0 Å². The molecule has 0 aliphatic carbocycles. The molecule has 2 aromatic rings. The van der Waals surface area contributed by atoms with Crippen LogP contribution in [0.1, 0.15) is 6.42 Å². The fourth-order valence-electron chi connectivity index (χ4n) is 1.13. The second-order valence-corrected chi connectivity index (χ2v) is 5.59. The lowest BCUT2D eigenvalue weighted by atomic mass is 10.3. The molecule has 4 heteroatoms. The van der Waals surface area contributed by atoms with Crippen molar-refractivity contribution in [2.75, 3.05) is 11.6 Å². The van der Waals surface area contributed by atoms with Gasteiger partial charge in [0.1, 0.15) is 0 Å². The minimum absolute atomic E-state index is 0.734. The van der Waals surface area contributed by atoms with E-state index in [-0.39, 0.29) is 0 Å². The van der Waals surface area contributed by atoms with Crippen LogP contribution < -0.4 is 0 Å². The number of thioether (sulfide) groups is 1. The molecule has 0 spiro atoms. The van der Waals surface area contributed by atoms with Crippen LogP contribution >= 0.6 is 34.7 Å². The van der Waals surface area contributed by atoms with Crippen molar-refractivity contribution in [3.05, 3.63) is 24.3 Å². The third-order valence-electron chi connectivity index (χ3n) is 1.78. The fraction of sp³-hybridized carbons (Fsp3) is 0.300. The van der Waals surface area contributed by atoms with E-state index < -0.39 is 0 Å². The Morgan fingerprint density at radius 1 is 1.36 bits per heavy atom. The molecule has 74 valence electrons. The first-order valence-corrected chi connectivity index (χ1v) is 6.78. The maximum Gasteiger partial charge on any atom is 0.151 e. The third kappa shape index (κ3) is 2.41. The van der Waals surface area contributed by atoms with Gasteiger partial charge >= 0.3 is 0 Å². The summed E-state index contributed by atoms with van der Waals surface area (Å²) in [5.74, 6) is 1.79. The first kappa shape index (κ1) is 10.3. The first-order valence-electron chi connectivity index (χ1n) is 4.44. The van der Waals surface area contributed by atoms with E-state index >= 15 is 0 Å².